The predicted octanol–water partition coefficient (Wildman–Crippen LogP) is 3.90. The van der Waals surface area contributed by atoms with E-state index in [4.69, 9.17) is 9.47 Å². The Morgan fingerprint density at radius 1 is 0.900 bits per heavy atom. The molecule has 0 aliphatic rings. The first-order chi connectivity index (χ1) is 19.2. The second-order valence-electron chi connectivity index (χ2n) is 9.43. The van der Waals surface area contributed by atoms with Crippen molar-refractivity contribution in [3.05, 3.63) is 110 Å². The number of hydrogen-bond donors (Lipinski definition) is 0. The van der Waals surface area contributed by atoms with Gasteiger partial charge in [-0.1, -0.05) is 18.2 Å². The summed E-state index contributed by atoms with van der Waals surface area (Å²) < 4.78 is 42.3. The van der Waals surface area contributed by atoms with Crippen LogP contribution in [0.3, 0.4) is 0 Å². The third-order valence-electron chi connectivity index (χ3n) is 6.92. The lowest BCUT2D eigenvalue weighted by Crippen LogP contribution is -2.44. The van der Waals surface area contributed by atoms with Gasteiger partial charge in [-0.25, -0.2) is 13.6 Å². The molecule has 0 N–H and O–H groups in total. The number of rotatable bonds is 11. The van der Waals surface area contributed by atoms with E-state index in [2.05, 4.69) is 4.98 Å². The first-order valence-corrected chi connectivity index (χ1v) is 12.8. The molecule has 2 heterocycles. The third kappa shape index (κ3) is 6.12. The summed E-state index contributed by atoms with van der Waals surface area (Å²) in [5.74, 6) is -0.671. The van der Waals surface area contributed by atoms with Crippen molar-refractivity contribution in [2.75, 3.05) is 34.4 Å². The Bertz CT molecular complexity index is 1580. The van der Waals surface area contributed by atoms with Crippen LogP contribution in [0.1, 0.15) is 17.0 Å². The summed E-state index contributed by atoms with van der Waals surface area (Å²) in [6.07, 6.45) is 2.44. The van der Waals surface area contributed by atoms with E-state index in [0.717, 1.165) is 22.4 Å². The maximum absolute atomic E-state index is 14.6. The first kappa shape index (κ1) is 28.7. The van der Waals surface area contributed by atoms with E-state index < -0.39 is 22.9 Å². The molecular formula is C30H32F2N4O4. The molecule has 40 heavy (non-hydrogen) atoms. The molecule has 0 aliphatic carbocycles. The highest BCUT2D eigenvalue weighted by molar-refractivity contribution is 5.68. The average Bonchev–Trinajstić information content (AvgIpc) is 2.95. The van der Waals surface area contributed by atoms with Crippen LogP contribution >= 0.6 is 0 Å². The number of methoxy groups -OCH3 is 2. The fraction of sp³-hybridized carbons (Fsp3) is 0.300. The Morgan fingerprint density at radius 2 is 1.62 bits per heavy atom. The molecule has 0 atom stereocenters. The molecule has 0 radical (unpaired) electrons. The molecule has 2 aromatic heterocycles. The van der Waals surface area contributed by atoms with Crippen molar-refractivity contribution in [3.8, 4) is 22.6 Å². The van der Waals surface area contributed by atoms with Crippen molar-refractivity contribution in [1.82, 2.24) is 19.0 Å². The smallest absolute Gasteiger partial charge is 0.331 e. The molecule has 4 rings (SSSR count). The van der Waals surface area contributed by atoms with E-state index in [0.29, 0.717) is 36.6 Å². The Kier molecular flexibility index (Phi) is 9.11. The minimum absolute atomic E-state index is 0.0801. The van der Waals surface area contributed by atoms with Gasteiger partial charge in [0.15, 0.2) is 11.5 Å². The number of benzene rings is 2. The van der Waals surface area contributed by atoms with E-state index in [1.54, 1.807) is 31.3 Å². The molecular weight excluding hydrogens is 518 g/mol. The van der Waals surface area contributed by atoms with E-state index in [-0.39, 0.29) is 29.9 Å². The Labute approximate surface area is 231 Å². The summed E-state index contributed by atoms with van der Waals surface area (Å²) in [6, 6.07) is 14.2. The Hall–Kier alpha value is -4.31. The minimum Gasteiger partial charge on any atom is -0.493 e. The maximum Gasteiger partial charge on any atom is 0.331 e. The van der Waals surface area contributed by atoms with Gasteiger partial charge in [0.25, 0.3) is 5.56 Å². The second kappa shape index (κ2) is 12.7. The van der Waals surface area contributed by atoms with Gasteiger partial charge < -0.3 is 14.4 Å². The molecule has 0 fully saturated rings. The molecule has 0 bridgehead atoms. The number of pyridine rings is 1. The van der Waals surface area contributed by atoms with E-state index >= 15 is 0 Å². The molecule has 0 unspecified atom stereocenters. The number of hydrogen-bond acceptors (Lipinski definition) is 6. The summed E-state index contributed by atoms with van der Waals surface area (Å²) in [6.45, 7) is 2.35. The van der Waals surface area contributed by atoms with Crippen LogP contribution in [-0.2, 0) is 19.5 Å². The van der Waals surface area contributed by atoms with Crippen molar-refractivity contribution >= 4 is 0 Å². The lowest BCUT2D eigenvalue weighted by Gasteiger charge is -2.21. The van der Waals surface area contributed by atoms with Crippen LogP contribution in [0.15, 0.2) is 70.4 Å². The van der Waals surface area contributed by atoms with Crippen molar-refractivity contribution < 1.29 is 18.3 Å². The van der Waals surface area contributed by atoms with Crippen molar-refractivity contribution in [3.63, 3.8) is 0 Å². The maximum atomic E-state index is 14.6. The van der Waals surface area contributed by atoms with Gasteiger partial charge in [0.05, 0.1) is 26.3 Å². The molecule has 8 nitrogen and oxygen atoms in total. The number of halogens is 2. The van der Waals surface area contributed by atoms with Crippen molar-refractivity contribution in [2.24, 2.45) is 0 Å². The monoisotopic (exact) mass is 550 g/mol. The van der Waals surface area contributed by atoms with Gasteiger partial charge >= 0.3 is 5.69 Å². The Morgan fingerprint density at radius 3 is 2.27 bits per heavy atom. The van der Waals surface area contributed by atoms with Gasteiger partial charge in [-0.2, -0.15) is 0 Å². The largest absolute Gasteiger partial charge is 0.493 e. The second-order valence-corrected chi connectivity index (χ2v) is 9.43. The highest BCUT2D eigenvalue weighted by Gasteiger charge is 2.21. The fourth-order valence-electron chi connectivity index (χ4n) is 4.58. The van der Waals surface area contributed by atoms with E-state index in [9.17, 15) is 18.4 Å². The number of aromatic nitrogens is 3. The van der Waals surface area contributed by atoms with E-state index in [1.807, 2.05) is 30.1 Å². The van der Waals surface area contributed by atoms with Crippen LogP contribution in [0.25, 0.3) is 11.1 Å². The average molecular weight is 551 g/mol. The summed E-state index contributed by atoms with van der Waals surface area (Å²) in [5.41, 5.74) is 0.527. The molecule has 2 aromatic carbocycles. The molecule has 0 spiro atoms. The molecule has 0 saturated carbocycles. The fourth-order valence-corrected chi connectivity index (χ4v) is 4.58. The number of ether oxygens (including phenoxy) is 2. The van der Waals surface area contributed by atoms with Gasteiger partial charge in [0.2, 0.25) is 0 Å². The summed E-state index contributed by atoms with van der Waals surface area (Å²) in [7, 11) is 4.88. The summed E-state index contributed by atoms with van der Waals surface area (Å²) >= 11 is 0. The third-order valence-corrected chi connectivity index (χ3v) is 6.92. The standard InChI is InChI=1S/C30H32F2N4O4/c1-20-28(21-11-12-26(39-3)27(18-21)40-4)29(37)35(17-16-34(2)15-13-22-8-5-6-14-33-22)30(38)36(20)19-23-24(31)9-7-10-25(23)32/h5-12,14,18H,13,15-17,19H2,1-4H3. The van der Waals surface area contributed by atoms with Crippen LogP contribution in [0.2, 0.25) is 0 Å². The molecule has 0 amide bonds. The normalized spacial score (nSPS) is 11.2. The summed E-state index contributed by atoms with van der Waals surface area (Å²) in [4.78, 5) is 33.8. The van der Waals surface area contributed by atoms with Crippen LogP contribution in [0, 0.1) is 18.6 Å². The van der Waals surface area contributed by atoms with Gasteiger partial charge in [0, 0.05) is 49.2 Å². The molecule has 210 valence electrons. The van der Waals surface area contributed by atoms with Crippen LogP contribution in [0.5, 0.6) is 11.5 Å². The zero-order valence-electron chi connectivity index (χ0n) is 23.0. The van der Waals surface area contributed by atoms with Crippen LogP contribution in [-0.4, -0.2) is 53.4 Å². The predicted molar refractivity (Wildman–Crippen MR) is 149 cm³/mol. The van der Waals surface area contributed by atoms with Crippen molar-refractivity contribution in [2.45, 2.75) is 26.4 Å². The number of likely N-dealkylation sites (N-methyl/N-ethyl adjacent to an activating group) is 1. The SMILES string of the molecule is COc1ccc(-c2c(C)n(Cc3c(F)cccc3F)c(=O)n(CCN(C)CCc3ccccn3)c2=O)cc1OC. The topological polar surface area (TPSA) is 78.6 Å². The Balaban J connectivity index is 1.76. The molecule has 4 aromatic rings. The van der Waals surface area contributed by atoms with Gasteiger partial charge in [-0.05, 0) is 55.9 Å². The van der Waals surface area contributed by atoms with Crippen LogP contribution < -0.4 is 20.7 Å². The highest BCUT2D eigenvalue weighted by Crippen LogP contribution is 2.32. The zero-order valence-corrected chi connectivity index (χ0v) is 23.0. The zero-order chi connectivity index (χ0) is 28.8. The molecule has 0 aliphatic heterocycles. The molecule has 10 heteroatoms. The van der Waals surface area contributed by atoms with Gasteiger partial charge in [0.1, 0.15) is 11.6 Å². The van der Waals surface area contributed by atoms with Crippen molar-refractivity contribution in [1.29, 1.82) is 0 Å². The lowest BCUT2D eigenvalue weighted by atomic mass is 10.0. The highest BCUT2D eigenvalue weighted by atomic mass is 19.1. The van der Waals surface area contributed by atoms with Gasteiger partial charge in [-0.15, -0.1) is 0 Å². The first-order valence-electron chi connectivity index (χ1n) is 12.8. The van der Waals surface area contributed by atoms with Gasteiger partial charge in [-0.3, -0.25) is 18.9 Å². The number of nitrogens with zero attached hydrogens (tertiary/aromatic N) is 4. The molecule has 0 saturated heterocycles. The quantitative estimate of drug-likeness (QED) is 0.282. The lowest BCUT2D eigenvalue weighted by molar-refractivity contribution is 0.315. The van der Waals surface area contributed by atoms with E-state index in [1.165, 1.54) is 24.9 Å². The minimum atomic E-state index is -0.772. The summed E-state index contributed by atoms with van der Waals surface area (Å²) in [5, 5.41) is 0. The van der Waals surface area contributed by atoms with Crippen LogP contribution in [0.4, 0.5) is 8.78 Å².